The Morgan fingerprint density at radius 1 is 1.33 bits per heavy atom. The molecule has 0 atom stereocenters. The van der Waals surface area contributed by atoms with Crippen LogP contribution in [0.2, 0.25) is 0 Å². The van der Waals surface area contributed by atoms with Crippen LogP contribution in [-0.4, -0.2) is 30.5 Å². The summed E-state index contributed by atoms with van der Waals surface area (Å²) in [5.74, 6) is -1.21. The Bertz CT molecular complexity index is 214. The number of carboxylic acids is 1. The molecule has 72 valence electrons. The van der Waals surface area contributed by atoms with E-state index in [1.165, 1.54) is 13.8 Å². The minimum absolute atomic E-state index is 1.16. The smallest absolute Gasteiger partial charge is 0.346 e. The van der Waals surface area contributed by atoms with Gasteiger partial charge in [-0.15, -0.1) is 0 Å². The lowest BCUT2D eigenvalue weighted by atomic mass is 10.2. The van der Waals surface area contributed by atoms with E-state index in [0.717, 1.165) is 14.2 Å². The largest absolute Gasteiger partial charge is 0.480 e. The summed E-state index contributed by atoms with van der Waals surface area (Å²) in [6.07, 6.45) is 0. The molecule has 0 saturated carbocycles. The molecular formula is C6H13O5P. The molecule has 0 rings (SSSR count). The highest BCUT2D eigenvalue weighted by Crippen LogP contribution is 2.58. The van der Waals surface area contributed by atoms with Gasteiger partial charge in [-0.2, -0.15) is 0 Å². The Hall–Kier alpha value is -0.380. The van der Waals surface area contributed by atoms with E-state index in [1.807, 2.05) is 0 Å². The van der Waals surface area contributed by atoms with Gasteiger partial charge in [0.15, 0.2) is 5.16 Å². The van der Waals surface area contributed by atoms with Crippen molar-refractivity contribution in [1.82, 2.24) is 0 Å². The van der Waals surface area contributed by atoms with Crippen LogP contribution in [0.4, 0.5) is 0 Å². The maximum absolute atomic E-state index is 11.6. The van der Waals surface area contributed by atoms with E-state index in [9.17, 15) is 9.36 Å². The SMILES string of the molecule is COP(=O)(OC)C(C)(C)C(=O)O. The molecule has 0 aromatic carbocycles. The summed E-state index contributed by atoms with van der Waals surface area (Å²) >= 11 is 0. The van der Waals surface area contributed by atoms with Gasteiger partial charge in [-0.3, -0.25) is 9.36 Å². The van der Waals surface area contributed by atoms with E-state index in [2.05, 4.69) is 9.05 Å². The first-order valence-electron chi connectivity index (χ1n) is 3.27. The molecule has 0 aliphatic rings. The Morgan fingerprint density at radius 2 is 1.67 bits per heavy atom. The van der Waals surface area contributed by atoms with Crippen LogP contribution in [0.5, 0.6) is 0 Å². The van der Waals surface area contributed by atoms with Crippen molar-refractivity contribution in [3.63, 3.8) is 0 Å². The zero-order chi connectivity index (χ0) is 9.99. The Balaban J connectivity index is 4.98. The third-order valence-corrected chi connectivity index (χ3v) is 4.21. The maximum atomic E-state index is 11.6. The minimum atomic E-state index is -3.54. The lowest BCUT2D eigenvalue weighted by molar-refractivity contribution is -0.139. The molecule has 0 aliphatic carbocycles. The topological polar surface area (TPSA) is 72.8 Å². The van der Waals surface area contributed by atoms with E-state index < -0.39 is 18.7 Å². The van der Waals surface area contributed by atoms with E-state index >= 15 is 0 Å². The van der Waals surface area contributed by atoms with Crippen molar-refractivity contribution in [1.29, 1.82) is 0 Å². The lowest BCUT2D eigenvalue weighted by Crippen LogP contribution is -2.32. The molecule has 0 spiro atoms. The second kappa shape index (κ2) is 3.56. The lowest BCUT2D eigenvalue weighted by Gasteiger charge is -2.26. The van der Waals surface area contributed by atoms with Crippen molar-refractivity contribution in [3.8, 4) is 0 Å². The molecule has 0 amide bonds. The van der Waals surface area contributed by atoms with Crippen LogP contribution in [0.15, 0.2) is 0 Å². The zero-order valence-corrected chi connectivity index (χ0v) is 8.42. The van der Waals surface area contributed by atoms with Gasteiger partial charge in [0.25, 0.3) is 0 Å². The van der Waals surface area contributed by atoms with Crippen LogP contribution in [0.3, 0.4) is 0 Å². The van der Waals surface area contributed by atoms with Gasteiger partial charge in [-0.05, 0) is 13.8 Å². The molecule has 1 N–H and O–H groups in total. The number of hydrogen-bond acceptors (Lipinski definition) is 4. The highest BCUT2D eigenvalue weighted by molar-refractivity contribution is 7.56. The first-order valence-corrected chi connectivity index (χ1v) is 4.81. The highest BCUT2D eigenvalue weighted by Gasteiger charge is 2.48. The number of rotatable bonds is 4. The van der Waals surface area contributed by atoms with E-state index in [4.69, 9.17) is 5.11 Å². The van der Waals surface area contributed by atoms with E-state index in [1.54, 1.807) is 0 Å². The van der Waals surface area contributed by atoms with Crippen LogP contribution in [0, 0.1) is 0 Å². The van der Waals surface area contributed by atoms with Crippen LogP contribution in [0.1, 0.15) is 13.8 Å². The number of carbonyl (C=O) groups is 1. The van der Waals surface area contributed by atoms with Crippen molar-refractivity contribution in [3.05, 3.63) is 0 Å². The number of hydrogen-bond donors (Lipinski definition) is 1. The van der Waals surface area contributed by atoms with Gasteiger partial charge >= 0.3 is 13.6 Å². The third kappa shape index (κ3) is 1.68. The van der Waals surface area contributed by atoms with Gasteiger partial charge in [-0.1, -0.05) is 0 Å². The summed E-state index contributed by atoms with van der Waals surface area (Å²) in [5, 5.41) is 7.19. The molecule has 0 unspecified atom stereocenters. The highest BCUT2D eigenvalue weighted by atomic mass is 31.2. The fourth-order valence-corrected chi connectivity index (χ4v) is 1.94. The van der Waals surface area contributed by atoms with Crippen molar-refractivity contribution < 1.29 is 23.5 Å². The monoisotopic (exact) mass is 196 g/mol. The van der Waals surface area contributed by atoms with E-state index in [-0.39, 0.29) is 0 Å². The Labute approximate surface area is 71.2 Å². The van der Waals surface area contributed by atoms with Crippen LogP contribution >= 0.6 is 7.60 Å². The summed E-state index contributed by atoms with van der Waals surface area (Å²) in [6.45, 7) is 2.59. The molecule has 0 fully saturated rings. The van der Waals surface area contributed by atoms with Crippen LogP contribution < -0.4 is 0 Å². The predicted octanol–water partition coefficient (Wildman–Crippen LogP) is 1.34. The second-order valence-electron chi connectivity index (χ2n) is 2.73. The van der Waals surface area contributed by atoms with Gasteiger partial charge in [0.05, 0.1) is 0 Å². The molecule has 0 radical (unpaired) electrons. The quantitative estimate of drug-likeness (QED) is 0.686. The molecule has 0 saturated heterocycles. The maximum Gasteiger partial charge on any atom is 0.346 e. The normalized spacial score (nSPS) is 13.0. The number of aliphatic carboxylic acids is 1. The first kappa shape index (κ1) is 11.6. The predicted molar refractivity (Wildman–Crippen MR) is 43.3 cm³/mol. The second-order valence-corrected chi connectivity index (χ2v) is 5.57. The zero-order valence-electron chi connectivity index (χ0n) is 7.53. The van der Waals surface area contributed by atoms with Crippen LogP contribution in [0.25, 0.3) is 0 Å². The fourth-order valence-electron chi connectivity index (χ4n) is 0.648. The summed E-state index contributed by atoms with van der Waals surface area (Å²) in [7, 11) is -1.22. The van der Waals surface area contributed by atoms with Crippen molar-refractivity contribution in [2.24, 2.45) is 0 Å². The minimum Gasteiger partial charge on any atom is -0.480 e. The molecular weight excluding hydrogens is 183 g/mol. The molecule has 0 bridgehead atoms. The Morgan fingerprint density at radius 3 is 1.75 bits per heavy atom. The standard InChI is InChI=1S/C6H13O5P/c1-6(2,5(7)8)12(9,10-3)11-4/h1-4H3,(H,7,8). The van der Waals surface area contributed by atoms with Gasteiger partial charge in [0, 0.05) is 14.2 Å². The van der Waals surface area contributed by atoms with Crippen molar-refractivity contribution >= 4 is 13.6 Å². The summed E-state index contributed by atoms with van der Waals surface area (Å²) in [6, 6.07) is 0. The first-order chi connectivity index (χ1) is 5.31. The molecule has 0 aromatic rings. The van der Waals surface area contributed by atoms with Gasteiger partial charge < -0.3 is 14.2 Å². The average molecular weight is 196 g/mol. The molecule has 0 aliphatic heterocycles. The summed E-state index contributed by atoms with van der Waals surface area (Å²) < 4.78 is 20.7. The average Bonchev–Trinajstić information content (AvgIpc) is 2.02. The summed E-state index contributed by atoms with van der Waals surface area (Å²) in [4.78, 5) is 10.7. The van der Waals surface area contributed by atoms with Gasteiger partial charge in [0.2, 0.25) is 0 Å². The molecule has 0 heterocycles. The number of carboxylic acid groups (broad SMARTS) is 1. The van der Waals surface area contributed by atoms with Crippen molar-refractivity contribution in [2.45, 2.75) is 19.0 Å². The van der Waals surface area contributed by atoms with Crippen molar-refractivity contribution in [2.75, 3.05) is 14.2 Å². The fraction of sp³-hybridized carbons (Fsp3) is 0.833. The molecule has 5 nitrogen and oxygen atoms in total. The molecule has 6 heteroatoms. The van der Waals surface area contributed by atoms with Crippen LogP contribution in [-0.2, 0) is 18.4 Å². The molecule has 0 aromatic heterocycles. The Kier molecular flexibility index (Phi) is 3.45. The molecule has 12 heavy (non-hydrogen) atoms. The summed E-state index contributed by atoms with van der Waals surface area (Å²) in [5.41, 5.74) is 0. The third-order valence-electron chi connectivity index (χ3n) is 1.69. The van der Waals surface area contributed by atoms with Gasteiger partial charge in [-0.25, -0.2) is 0 Å². The van der Waals surface area contributed by atoms with Gasteiger partial charge in [0.1, 0.15) is 0 Å². The van der Waals surface area contributed by atoms with E-state index in [0.29, 0.717) is 0 Å².